The number of hydrogen-bond acceptors (Lipinski definition) is 3. The van der Waals surface area contributed by atoms with E-state index in [1.54, 1.807) is 0 Å². The summed E-state index contributed by atoms with van der Waals surface area (Å²) in [5.41, 5.74) is -2.81. The minimum Gasteiger partial charge on any atom is -0.337 e. The van der Waals surface area contributed by atoms with Gasteiger partial charge in [0.2, 0.25) is 0 Å². The Morgan fingerprint density at radius 1 is 0.871 bits per heavy atom. The van der Waals surface area contributed by atoms with E-state index in [-0.39, 0.29) is 33.9 Å². The van der Waals surface area contributed by atoms with Gasteiger partial charge in [-0.05, 0) is 42.0 Å². The molecule has 0 radical (unpaired) electrons. The fourth-order valence-corrected chi connectivity index (χ4v) is 3.13. The molecule has 1 N–H and O–H groups in total. The summed E-state index contributed by atoms with van der Waals surface area (Å²) in [6.45, 7) is -1.09. The second-order valence-corrected chi connectivity index (χ2v) is 6.59. The molecule has 0 fully saturated rings. The van der Waals surface area contributed by atoms with Crippen LogP contribution in [-0.4, -0.2) is 19.9 Å². The number of benzene rings is 1. The zero-order chi connectivity index (χ0) is 22.4. The fraction of sp³-hybridized carbons (Fsp3) is 0.150. The van der Waals surface area contributed by atoms with Gasteiger partial charge in [-0.3, -0.25) is 9.97 Å². The van der Waals surface area contributed by atoms with Gasteiger partial charge in [0.15, 0.2) is 5.82 Å². The minimum atomic E-state index is -4.75. The van der Waals surface area contributed by atoms with Crippen molar-refractivity contribution in [1.29, 1.82) is 0 Å². The van der Waals surface area contributed by atoms with Crippen LogP contribution in [0, 0.1) is 0 Å². The molecule has 11 heteroatoms. The molecule has 0 spiro atoms. The summed E-state index contributed by atoms with van der Waals surface area (Å²) in [5, 5.41) is 0. The lowest BCUT2D eigenvalue weighted by atomic mass is 10.1. The van der Waals surface area contributed by atoms with Crippen LogP contribution in [0.25, 0.3) is 33.8 Å². The molecule has 0 aliphatic rings. The van der Waals surface area contributed by atoms with Crippen LogP contribution in [0.4, 0.5) is 30.7 Å². The molecule has 0 saturated heterocycles. The Kier molecular flexibility index (Phi) is 4.91. The largest absolute Gasteiger partial charge is 0.418 e. The summed E-state index contributed by atoms with van der Waals surface area (Å²) in [7, 11) is 0. The predicted octanol–water partition coefficient (Wildman–Crippen LogP) is 6.19. The third kappa shape index (κ3) is 3.94. The van der Waals surface area contributed by atoms with Crippen molar-refractivity contribution < 1.29 is 30.7 Å². The number of aromatic nitrogens is 4. The van der Waals surface area contributed by atoms with Crippen molar-refractivity contribution in [2.45, 2.75) is 19.0 Å². The number of pyridine rings is 2. The standard InChI is InChI=1S/C20H11F7N4/c21-8-10-6-13(20(25,26)27)17-15(7-10)30-18(31-17)14-4-3-11(9-29-14)16-12(19(22,23)24)2-1-5-28-16/h1-7,9H,8H2,(H,30,31). The van der Waals surface area contributed by atoms with Gasteiger partial charge in [-0.15, -0.1) is 0 Å². The van der Waals surface area contributed by atoms with Crippen LogP contribution in [0.3, 0.4) is 0 Å². The van der Waals surface area contributed by atoms with Crippen molar-refractivity contribution in [2.75, 3.05) is 0 Å². The number of H-pyrrole nitrogens is 1. The van der Waals surface area contributed by atoms with Crippen LogP contribution in [0.2, 0.25) is 0 Å². The van der Waals surface area contributed by atoms with Crippen LogP contribution in [0.1, 0.15) is 16.7 Å². The first-order valence-electron chi connectivity index (χ1n) is 8.72. The molecule has 1 aromatic carbocycles. The molecule has 0 atom stereocenters. The number of imidazole rings is 1. The SMILES string of the molecule is FCc1cc(C(F)(F)F)c2nc(-c3ccc(-c4ncccc4C(F)(F)F)cn3)[nH]c2c1. The summed E-state index contributed by atoms with van der Waals surface area (Å²) in [6, 6.07) is 6.56. The molecular weight excluding hydrogens is 429 g/mol. The van der Waals surface area contributed by atoms with E-state index in [1.807, 2.05) is 0 Å². The summed E-state index contributed by atoms with van der Waals surface area (Å²) >= 11 is 0. The molecule has 160 valence electrons. The van der Waals surface area contributed by atoms with E-state index in [1.165, 1.54) is 24.4 Å². The number of aromatic amines is 1. The zero-order valence-corrected chi connectivity index (χ0v) is 15.3. The number of alkyl halides is 7. The zero-order valence-electron chi connectivity index (χ0n) is 15.3. The van der Waals surface area contributed by atoms with Gasteiger partial charge in [0.25, 0.3) is 0 Å². The molecule has 0 aliphatic heterocycles. The Hall–Kier alpha value is -3.50. The van der Waals surface area contributed by atoms with Crippen LogP contribution in [-0.2, 0) is 19.0 Å². The van der Waals surface area contributed by atoms with Gasteiger partial charge in [-0.1, -0.05) is 0 Å². The van der Waals surface area contributed by atoms with E-state index >= 15 is 0 Å². The molecule has 0 unspecified atom stereocenters. The van der Waals surface area contributed by atoms with E-state index in [2.05, 4.69) is 19.9 Å². The molecular formula is C20H11F7N4. The van der Waals surface area contributed by atoms with E-state index in [9.17, 15) is 30.7 Å². The quantitative estimate of drug-likeness (QED) is 0.387. The van der Waals surface area contributed by atoms with Crippen molar-refractivity contribution in [1.82, 2.24) is 19.9 Å². The molecule has 3 aromatic heterocycles. The van der Waals surface area contributed by atoms with Gasteiger partial charge in [-0.25, -0.2) is 9.37 Å². The number of hydrogen-bond donors (Lipinski definition) is 1. The van der Waals surface area contributed by atoms with Gasteiger partial charge in [0.05, 0.1) is 22.3 Å². The predicted molar refractivity (Wildman–Crippen MR) is 97.4 cm³/mol. The first-order valence-corrected chi connectivity index (χ1v) is 8.72. The maximum atomic E-state index is 13.3. The highest BCUT2D eigenvalue weighted by Gasteiger charge is 2.35. The first-order chi connectivity index (χ1) is 14.6. The smallest absolute Gasteiger partial charge is 0.337 e. The lowest BCUT2D eigenvalue weighted by Crippen LogP contribution is -2.08. The van der Waals surface area contributed by atoms with Gasteiger partial charge < -0.3 is 4.98 Å². The van der Waals surface area contributed by atoms with Crippen LogP contribution in [0.5, 0.6) is 0 Å². The molecule has 4 aromatic rings. The average Bonchev–Trinajstić information content (AvgIpc) is 3.15. The van der Waals surface area contributed by atoms with E-state index in [0.717, 1.165) is 18.3 Å². The molecule has 3 heterocycles. The highest BCUT2D eigenvalue weighted by molar-refractivity contribution is 5.83. The number of nitrogens with zero attached hydrogens (tertiary/aromatic N) is 3. The molecule has 4 rings (SSSR count). The summed E-state index contributed by atoms with van der Waals surface area (Å²) in [4.78, 5) is 14.4. The van der Waals surface area contributed by atoms with Crippen LogP contribution < -0.4 is 0 Å². The average molecular weight is 440 g/mol. The first kappa shape index (κ1) is 20.8. The maximum Gasteiger partial charge on any atom is 0.418 e. The normalized spacial score (nSPS) is 12.5. The Labute approximate surface area is 169 Å². The van der Waals surface area contributed by atoms with Gasteiger partial charge in [0, 0.05) is 18.0 Å². The number of halogens is 7. The highest BCUT2D eigenvalue weighted by atomic mass is 19.4. The molecule has 0 saturated carbocycles. The van der Waals surface area contributed by atoms with Crippen LogP contribution in [0.15, 0.2) is 48.8 Å². The summed E-state index contributed by atoms with van der Waals surface area (Å²) < 4.78 is 92.6. The molecule has 0 bridgehead atoms. The second kappa shape index (κ2) is 7.33. The number of rotatable bonds is 3. The van der Waals surface area contributed by atoms with Gasteiger partial charge in [0.1, 0.15) is 17.9 Å². The summed E-state index contributed by atoms with van der Waals surface area (Å²) in [5.74, 6) is -0.0416. The van der Waals surface area contributed by atoms with Crippen LogP contribution >= 0.6 is 0 Å². The van der Waals surface area contributed by atoms with Gasteiger partial charge >= 0.3 is 12.4 Å². The van der Waals surface area contributed by atoms with Gasteiger partial charge in [-0.2, -0.15) is 26.3 Å². The lowest BCUT2D eigenvalue weighted by Gasteiger charge is -2.11. The topological polar surface area (TPSA) is 54.5 Å². The van der Waals surface area contributed by atoms with Crippen molar-refractivity contribution in [3.05, 3.63) is 65.5 Å². The maximum absolute atomic E-state index is 13.3. The van der Waals surface area contributed by atoms with E-state index in [0.29, 0.717) is 6.07 Å². The molecule has 0 aliphatic carbocycles. The third-order valence-corrected chi connectivity index (χ3v) is 4.50. The van der Waals surface area contributed by atoms with Crippen molar-refractivity contribution in [3.8, 4) is 22.8 Å². The van der Waals surface area contributed by atoms with Crippen molar-refractivity contribution in [3.63, 3.8) is 0 Å². The Bertz CT molecular complexity index is 1240. The Morgan fingerprint density at radius 3 is 2.23 bits per heavy atom. The molecule has 0 amide bonds. The minimum absolute atomic E-state index is 0.0348. The number of nitrogens with one attached hydrogen (secondary N) is 1. The second-order valence-electron chi connectivity index (χ2n) is 6.59. The van der Waals surface area contributed by atoms with E-state index in [4.69, 9.17) is 0 Å². The third-order valence-electron chi connectivity index (χ3n) is 4.50. The monoisotopic (exact) mass is 440 g/mol. The molecule has 4 nitrogen and oxygen atoms in total. The molecule has 31 heavy (non-hydrogen) atoms. The fourth-order valence-electron chi connectivity index (χ4n) is 3.13. The van der Waals surface area contributed by atoms with Crippen molar-refractivity contribution in [2.24, 2.45) is 0 Å². The van der Waals surface area contributed by atoms with Crippen molar-refractivity contribution >= 4 is 11.0 Å². The Balaban J connectivity index is 1.77. The summed E-state index contributed by atoms with van der Waals surface area (Å²) in [6.07, 6.45) is -7.04. The number of fused-ring (bicyclic) bond motifs is 1. The lowest BCUT2D eigenvalue weighted by molar-refractivity contribution is -0.137. The highest BCUT2D eigenvalue weighted by Crippen LogP contribution is 2.37. The Morgan fingerprint density at radius 2 is 1.61 bits per heavy atom. The van der Waals surface area contributed by atoms with E-state index < -0.39 is 35.7 Å².